The SMILES string of the molecule is N.O=S(=O)(Nc1cc(-c2cnc3[nH]cc(-c4ccc(N5CCOCC5)nc4)c3c2)cnc1Cl)c1ccccc1. The summed E-state index contributed by atoms with van der Waals surface area (Å²) < 4.78 is 33.7. The molecule has 5 aromatic rings. The lowest BCUT2D eigenvalue weighted by Crippen LogP contribution is -2.36. The van der Waals surface area contributed by atoms with E-state index in [1.54, 1.807) is 36.7 Å². The summed E-state index contributed by atoms with van der Waals surface area (Å²) in [6.07, 6.45) is 7.08. The first-order valence-electron chi connectivity index (χ1n) is 12.0. The summed E-state index contributed by atoms with van der Waals surface area (Å²) in [5, 5.41) is 0.959. The Hall–Kier alpha value is -4.03. The Kier molecular flexibility index (Phi) is 7.49. The van der Waals surface area contributed by atoms with Crippen molar-refractivity contribution < 1.29 is 13.2 Å². The maximum Gasteiger partial charge on any atom is 0.261 e. The number of pyridine rings is 3. The van der Waals surface area contributed by atoms with Gasteiger partial charge in [0, 0.05) is 65.5 Å². The number of morpholine rings is 1. The van der Waals surface area contributed by atoms with Crippen molar-refractivity contribution in [1.29, 1.82) is 0 Å². The minimum absolute atomic E-state index is 0. The van der Waals surface area contributed by atoms with Gasteiger partial charge in [0.2, 0.25) is 0 Å². The van der Waals surface area contributed by atoms with Crippen molar-refractivity contribution in [3.05, 3.63) is 84.5 Å². The van der Waals surface area contributed by atoms with Gasteiger partial charge in [-0.15, -0.1) is 0 Å². The number of fused-ring (bicyclic) bond motifs is 1. The van der Waals surface area contributed by atoms with E-state index >= 15 is 0 Å². The molecule has 1 aliphatic rings. The van der Waals surface area contributed by atoms with Gasteiger partial charge < -0.3 is 20.8 Å². The van der Waals surface area contributed by atoms with Gasteiger partial charge in [-0.25, -0.2) is 23.4 Å². The van der Waals surface area contributed by atoms with Gasteiger partial charge in [-0.2, -0.15) is 0 Å². The normalized spacial score (nSPS) is 13.7. The van der Waals surface area contributed by atoms with Crippen molar-refractivity contribution in [2.24, 2.45) is 0 Å². The molecule has 4 aromatic heterocycles. The molecule has 1 saturated heterocycles. The number of halogens is 1. The van der Waals surface area contributed by atoms with Crippen LogP contribution in [0.2, 0.25) is 5.15 Å². The first kappa shape index (κ1) is 26.6. The molecule has 0 bridgehead atoms. The fourth-order valence-electron chi connectivity index (χ4n) is 4.41. The van der Waals surface area contributed by atoms with Crippen molar-refractivity contribution in [2.45, 2.75) is 4.90 Å². The molecular formula is C27H26ClN7O3S. The lowest BCUT2D eigenvalue weighted by Gasteiger charge is -2.27. The molecule has 1 aliphatic heterocycles. The second kappa shape index (κ2) is 11.0. The zero-order valence-electron chi connectivity index (χ0n) is 20.8. The van der Waals surface area contributed by atoms with E-state index in [4.69, 9.17) is 16.3 Å². The molecule has 0 aliphatic carbocycles. The van der Waals surface area contributed by atoms with Crippen molar-refractivity contribution in [3.8, 4) is 22.3 Å². The van der Waals surface area contributed by atoms with E-state index in [1.807, 2.05) is 30.6 Å². The quantitative estimate of drug-likeness (QED) is 0.240. The van der Waals surface area contributed by atoms with Crippen LogP contribution in [0.1, 0.15) is 0 Å². The summed E-state index contributed by atoms with van der Waals surface area (Å²) >= 11 is 6.25. The number of aromatic nitrogens is 4. The number of hydrogen-bond acceptors (Lipinski definition) is 8. The second-order valence-corrected chi connectivity index (χ2v) is 10.8. The molecule has 6 rings (SSSR count). The molecule has 10 nitrogen and oxygen atoms in total. The Morgan fingerprint density at radius 1 is 0.897 bits per heavy atom. The van der Waals surface area contributed by atoms with Crippen LogP contribution in [0, 0.1) is 0 Å². The van der Waals surface area contributed by atoms with Gasteiger partial charge in [0.05, 0.1) is 23.8 Å². The number of anilines is 2. The molecule has 200 valence electrons. The van der Waals surface area contributed by atoms with Crippen LogP contribution in [0.15, 0.2) is 84.3 Å². The third kappa shape index (κ3) is 5.43. The number of nitrogens with zero attached hydrogens (tertiary/aromatic N) is 4. The molecule has 0 spiro atoms. The van der Waals surface area contributed by atoms with Crippen LogP contribution in [-0.2, 0) is 14.8 Å². The number of hydrogen-bond donors (Lipinski definition) is 3. The number of H-pyrrole nitrogens is 1. The molecule has 0 radical (unpaired) electrons. The number of benzene rings is 1. The van der Waals surface area contributed by atoms with Gasteiger partial charge in [-0.3, -0.25) is 4.72 Å². The average Bonchev–Trinajstić information content (AvgIpc) is 3.38. The van der Waals surface area contributed by atoms with Gasteiger partial charge in [0.1, 0.15) is 11.5 Å². The molecule has 0 atom stereocenters. The van der Waals surface area contributed by atoms with Crippen LogP contribution in [0.5, 0.6) is 0 Å². The van der Waals surface area contributed by atoms with Crippen LogP contribution in [0.3, 0.4) is 0 Å². The lowest BCUT2D eigenvalue weighted by molar-refractivity contribution is 0.122. The minimum atomic E-state index is -3.83. The van der Waals surface area contributed by atoms with Crippen molar-refractivity contribution in [3.63, 3.8) is 0 Å². The number of aromatic amines is 1. The molecule has 12 heteroatoms. The maximum absolute atomic E-state index is 12.8. The van der Waals surface area contributed by atoms with Crippen LogP contribution in [-0.4, -0.2) is 54.7 Å². The van der Waals surface area contributed by atoms with Gasteiger partial charge in [-0.1, -0.05) is 29.8 Å². The predicted molar refractivity (Wildman–Crippen MR) is 153 cm³/mol. The minimum Gasteiger partial charge on any atom is -0.378 e. The van der Waals surface area contributed by atoms with Crippen LogP contribution in [0.4, 0.5) is 11.5 Å². The summed E-state index contributed by atoms with van der Waals surface area (Å²) in [6, 6.07) is 15.8. The highest BCUT2D eigenvalue weighted by Crippen LogP contribution is 2.33. The largest absolute Gasteiger partial charge is 0.378 e. The first-order chi connectivity index (χ1) is 18.5. The van der Waals surface area contributed by atoms with Gasteiger partial charge >= 0.3 is 0 Å². The molecule has 5 N–H and O–H groups in total. The van der Waals surface area contributed by atoms with Gasteiger partial charge in [-0.05, 0) is 36.4 Å². The van der Waals surface area contributed by atoms with Crippen molar-refractivity contribution >= 4 is 44.2 Å². The maximum atomic E-state index is 12.8. The fraction of sp³-hybridized carbons (Fsp3) is 0.148. The van der Waals surface area contributed by atoms with Crippen LogP contribution < -0.4 is 15.8 Å². The summed E-state index contributed by atoms with van der Waals surface area (Å²) in [5.74, 6) is 0.924. The monoisotopic (exact) mass is 563 g/mol. The molecule has 1 aromatic carbocycles. The average molecular weight is 564 g/mol. The number of sulfonamides is 1. The summed E-state index contributed by atoms with van der Waals surface area (Å²) in [4.78, 5) is 19.0. The summed E-state index contributed by atoms with van der Waals surface area (Å²) in [7, 11) is -3.83. The Labute approximate surface area is 230 Å². The first-order valence-corrected chi connectivity index (χ1v) is 13.8. The molecular weight excluding hydrogens is 538 g/mol. The van der Waals surface area contributed by atoms with E-state index < -0.39 is 10.0 Å². The Morgan fingerprint density at radius 3 is 2.36 bits per heavy atom. The van der Waals surface area contributed by atoms with E-state index in [0.717, 1.165) is 46.6 Å². The van der Waals surface area contributed by atoms with E-state index in [1.165, 1.54) is 12.1 Å². The van der Waals surface area contributed by atoms with Gasteiger partial charge in [0.25, 0.3) is 10.0 Å². The number of nitrogens with one attached hydrogen (secondary N) is 2. The molecule has 5 heterocycles. The highest BCUT2D eigenvalue weighted by molar-refractivity contribution is 7.92. The van der Waals surface area contributed by atoms with E-state index in [9.17, 15) is 8.42 Å². The molecule has 39 heavy (non-hydrogen) atoms. The van der Waals surface area contributed by atoms with Crippen molar-refractivity contribution in [1.82, 2.24) is 26.1 Å². The molecule has 0 saturated carbocycles. The smallest absolute Gasteiger partial charge is 0.261 e. The molecule has 1 fully saturated rings. The Balaban J connectivity index is 0.00000308. The highest BCUT2D eigenvalue weighted by atomic mass is 35.5. The second-order valence-electron chi connectivity index (χ2n) is 8.81. The number of rotatable bonds is 6. The van der Waals surface area contributed by atoms with Crippen LogP contribution in [0.25, 0.3) is 33.3 Å². The third-order valence-corrected chi connectivity index (χ3v) is 8.08. The lowest BCUT2D eigenvalue weighted by atomic mass is 10.0. The Morgan fingerprint density at radius 2 is 1.62 bits per heavy atom. The Bertz CT molecular complexity index is 1710. The van der Waals surface area contributed by atoms with E-state index in [2.05, 4.69) is 29.6 Å². The molecule has 0 unspecified atom stereocenters. The third-order valence-electron chi connectivity index (χ3n) is 6.40. The van der Waals surface area contributed by atoms with E-state index in [0.29, 0.717) is 18.8 Å². The zero-order valence-corrected chi connectivity index (χ0v) is 22.4. The number of ether oxygens (including phenoxy) is 1. The van der Waals surface area contributed by atoms with Crippen molar-refractivity contribution in [2.75, 3.05) is 35.9 Å². The topological polar surface area (TPSA) is 148 Å². The van der Waals surface area contributed by atoms with Crippen LogP contribution >= 0.6 is 11.6 Å². The fourth-order valence-corrected chi connectivity index (χ4v) is 5.69. The predicted octanol–water partition coefficient (Wildman–Crippen LogP) is 5.14. The summed E-state index contributed by atoms with van der Waals surface area (Å²) in [6.45, 7) is 3.06. The van der Waals surface area contributed by atoms with E-state index in [-0.39, 0.29) is 21.9 Å². The van der Waals surface area contributed by atoms with Gasteiger partial charge in [0.15, 0.2) is 5.15 Å². The highest BCUT2D eigenvalue weighted by Gasteiger charge is 2.18. The summed E-state index contributed by atoms with van der Waals surface area (Å²) in [5.41, 5.74) is 4.27. The standard InChI is InChI=1S/C27H23ClN6O3S.H3N/c28-26-24(33-38(35,36)21-4-2-1-3-5-21)13-20(15-30-26)19-12-22-23(17-32-27(22)31-16-19)18-6-7-25(29-14-18)34-8-10-37-11-9-34;/h1-7,12-17,33H,8-11H2,(H,31,32);1H3. The zero-order chi connectivity index (χ0) is 26.1. The molecule has 0 amide bonds.